The van der Waals surface area contributed by atoms with Gasteiger partial charge in [0.05, 0.1) is 14.2 Å². The molecule has 1 aliphatic heterocycles. The second kappa shape index (κ2) is 9.62. The maximum absolute atomic E-state index is 11.4. The Morgan fingerprint density at radius 3 is 2.21 bits per heavy atom. The second-order valence-electron chi connectivity index (χ2n) is 6.48. The molecule has 2 aromatic rings. The van der Waals surface area contributed by atoms with Gasteiger partial charge in [-0.3, -0.25) is 4.79 Å². The Bertz CT molecular complexity index is 842. The lowest BCUT2D eigenvalue weighted by Gasteiger charge is -2.32. The van der Waals surface area contributed by atoms with Crippen LogP contribution in [0.5, 0.6) is 11.8 Å². The number of likely N-dealkylation sites (N-methyl/N-ethyl adjacent to an activating group) is 1. The molecule has 3 rings (SSSR count). The van der Waals surface area contributed by atoms with Crippen molar-refractivity contribution in [3.8, 4) is 11.8 Å². The first-order valence-corrected chi connectivity index (χ1v) is 10.0. The molecule has 1 saturated heterocycles. The molecule has 1 N–H and O–H groups in total. The summed E-state index contributed by atoms with van der Waals surface area (Å²) in [6.45, 7) is 7.07. The third-order valence-electron chi connectivity index (χ3n) is 4.49. The van der Waals surface area contributed by atoms with E-state index in [1.165, 1.54) is 17.8 Å². The minimum absolute atomic E-state index is 0.248. The molecule has 1 amide bonds. The van der Waals surface area contributed by atoms with Crippen molar-refractivity contribution in [3.63, 3.8) is 0 Å². The number of carbonyl (C=O) groups is 1. The van der Waals surface area contributed by atoms with Crippen LogP contribution in [-0.4, -0.2) is 68.2 Å². The predicted molar refractivity (Wildman–Crippen MR) is 114 cm³/mol. The minimum Gasteiger partial charge on any atom is -0.480 e. The van der Waals surface area contributed by atoms with Crippen molar-refractivity contribution in [2.75, 3.05) is 57.7 Å². The maximum Gasteiger partial charge on any atom is 0.247 e. The van der Waals surface area contributed by atoms with Crippen molar-refractivity contribution in [2.45, 2.75) is 9.79 Å². The average Bonchev–Trinajstić information content (AvgIpc) is 2.75. The molecule has 0 bridgehead atoms. The van der Waals surface area contributed by atoms with Crippen LogP contribution in [0.2, 0.25) is 0 Å². The van der Waals surface area contributed by atoms with E-state index in [4.69, 9.17) is 9.47 Å². The number of methoxy groups -OCH3 is 2. The van der Waals surface area contributed by atoms with Crippen LogP contribution in [0.15, 0.2) is 46.7 Å². The van der Waals surface area contributed by atoms with E-state index in [2.05, 4.69) is 38.7 Å². The molecule has 29 heavy (non-hydrogen) atoms. The topological polar surface area (TPSA) is 79.8 Å². The van der Waals surface area contributed by atoms with Crippen LogP contribution in [0.3, 0.4) is 0 Å². The number of nitrogens with one attached hydrogen (secondary N) is 1. The molecule has 1 aromatic heterocycles. The standard InChI is InChI=1S/C20H25N5O3S/c1-5-16(26)21-14-6-8-15(9-7-14)29-17-18(27-3)22-20(23-19(17)28-4)25-12-10-24(2)11-13-25/h5-9H,1,10-13H2,2-4H3,(H,21,26). The molecule has 0 atom stereocenters. The number of ether oxygens (including phenoxy) is 2. The number of rotatable bonds is 7. The van der Waals surface area contributed by atoms with E-state index >= 15 is 0 Å². The number of aromatic nitrogens is 2. The van der Waals surface area contributed by atoms with E-state index in [9.17, 15) is 4.79 Å². The summed E-state index contributed by atoms with van der Waals surface area (Å²) in [5.41, 5.74) is 0.694. The van der Waals surface area contributed by atoms with Crippen LogP contribution in [0.4, 0.5) is 11.6 Å². The molecule has 0 saturated carbocycles. The van der Waals surface area contributed by atoms with Gasteiger partial charge in [0.1, 0.15) is 4.90 Å². The molecule has 0 aliphatic carbocycles. The summed E-state index contributed by atoms with van der Waals surface area (Å²) in [4.78, 5) is 26.7. The van der Waals surface area contributed by atoms with Crippen LogP contribution in [0, 0.1) is 0 Å². The van der Waals surface area contributed by atoms with Crippen molar-refractivity contribution in [1.29, 1.82) is 0 Å². The highest BCUT2D eigenvalue weighted by molar-refractivity contribution is 7.99. The Hall–Kier alpha value is -2.78. The summed E-state index contributed by atoms with van der Waals surface area (Å²) in [5.74, 6) is 1.31. The summed E-state index contributed by atoms with van der Waals surface area (Å²) >= 11 is 1.44. The van der Waals surface area contributed by atoms with Crippen molar-refractivity contribution in [1.82, 2.24) is 14.9 Å². The largest absolute Gasteiger partial charge is 0.480 e. The van der Waals surface area contributed by atoms with Gasteiger partial charge in [0.15, 0.2) is 0 Å². The van der Waals surface area contributed by atoms with Gasteiger partial charge in [0, 0.05) is 36.8 Å². The lowest BCUT2D eigenvalue weighted by Crippen LogP contribution is -2.45. The fourth-order valence-electron chi connectivity index (χ4n) is 2.83. The van der Waals surface area contributed by atoms with Crippen LogP contribution in [-0.2, 0) is 4.79 Å². The van der Waals surface area contributed by atoms with Crippen LogP contribution < -0.4 is 19.7 Å². The number of hydrogen-bond donors (Lipinski definition) is 1. The Morgan fingerprint density at radius 1 is 1.10 bits per heavy atom. The summed E-state index contributed by atoms with van der Waals surface area (Å²) in [6, 6.07) is 7.44. The molecule has 0 spiro atoms. The highest BCUT2D eigenvalue weighted by atomic mass is 32.2. The number of benzene rings is 1. The molecule has 1 fully saturated rings. The zero-order valence-electron chi connectivity index (χ0n) is 16.8. The molecule has 8 nitrogen and oxygen atoms in total. The lowest BCUT2D eigenvalue weighted by molar-refractivity contribution is -0.111. The first-order chi connectivity index (χ1) is 14.0. The predicted octanol–water partition coefficient (Wildman–Crippen LogP) is 2.52. The van der Waals surface area contributed by atoms with E-state index in [0.717, 1.165) is 31.1 Å². The van der Waals surface area contributed by atoms with E-state index in [0.29, 0.717) is 28.3 Å². The van der Waals surface area contributed by atoms with Gasteiger partial charge in [0.25, 0.3) is 0 Å². The van der Waals surface area contributed by atoms with Gasteiger partial charge in [-0.1, -0.05) is 18.3 Å². The van der Waals surface area contributed by atoms with Gasteiger partial charge in [-0.25, -0.2) is 0 Å². The fourth-order valence-corrected chi connectivity index (χ4v) is 3.77. The first-order valence-electron chi connectivity index (χ1n) is 9.19. The van der Waals surface area contributed by atoms with Gasteiger partial charge in [-0.15, -0.1) is 0 Å². The third kappa shape index (κ3) is 5.18. The number of piperazine rings is 1. The highest BCUT2D eigenvalue weighted by Crippen LogP contribution is 2.41. The normalized spacial score (nSPS) is 14.4. The quantitative estimate of drug-likeness (QED) is 0.691. The van der Waals surface area contributed by atoms with Gasteiger partial charge in [-0.2, -0.15) is 9.97 Å². The monoisotopic (exact) mass is 415 g/mol. The first kappa shape index (κ1) is 20.9. The molecule has 1 aromatic carbocycles. The molecule has 1 aliphatic rings. The van der Waals surface area contributed by atoms with Gasteiger partial charge < -0.3 is 24.6 Å². The molecular formula is C20H25N5O3S. The fraction of sp³-hybridized carbons (Fsp3) is 0.350. The van der Waals surface area contributed by atoms with Crippen LogP contribution in [0.25, 0.3) is 0 Å². The Balaban J connectivity index is 1.83. The van der Waals surface area contributed by atoms with E-state index in [-0.39, 0.29) is 5.91 Å². The Labute approximate surface area is 174 Å². The zero-order valence-corrected chi connectivity index (χ0v) is 17.7. The average molecular weight is 416 g/mol. The van der Waals surface area contributed by atoms with E-state index < -0.39 is 0 Å². The third-order valence-corrected chi connectivity index (χ3v) is 5.55. The zero-order chi connectivity index (χ0) is 20.8. The molecule has 0 radical (unpaired) electrons. The molecule has 154 valence electrons. The second-order valence-corrected chi connectivity index (χ2v) is 7.57. The lowest BCUT2D eigenvalue weighted by atomic mass is 10.3. The summed E-state index contributed by atoms with van der Waals surface area (Å²) in [5, 5.41) is 2.73. The van der Waals surface area contributed by atoms with Gasteiger partial charge >= 0.3 is 0 Å². The summed E-state index contributed by atoms with van der Waals surface area (Å²) < 4.78 is 11.1. The van der Waals surface area contributed by atoms with E-state index in [1.807, 2.05) is 24.3 Å². The molecule has 9 heteroatoms. The SMILES string of the molecule is C=CC(=O)Nc1ccc(Sc2c(OC)nc(N3CCN(C)CC3)nc2OC)cc1. The molecule has 2 heterocycles. The number of nitrogens with zero attached hydrogens (tertiary/aromatic N) is 4. The summed E-state index contributed by atoms with van der Waals surface area (Å²) in [7, 11) is 5.29. The van der Waals surface area contributed by atoms with Crippen molar-refractivity contribution >= 4 is 29.3 Å². The van der Waals surface area contributed by atoms with Crippen molar-refractivity contribution < 1.29 is 14.3 Å². The molecule has 0 unspecified atom stereocenters. The van der Waals surface area contributed by atoms with Crippen LogP contribution >= 0.6 is 11.8 Å². The van der Waals surface area contributed by atoms with Gasteiger partial charge in [-0.05, 0) is 37.4 Å². The maximum atomic E-state index is 11.4. The Kier molecular flexibility index (Phi) is 6.95. The van der Waals surface area contributed by atoms with Crippen molar-refractivity contribution in [2.24, 2.45) is 0 Å². The van der Waals surface area contributed by atoms with E-state index in [1.54, 1.807) is 14.2 Å². The smallest absolute Gasteiger partial charge is 0.247 e. The molecular weight excluding hydrogens is 390 g/mol. The number of anilines is 2. The number of carbonyl (C=O) groups excluding carboxylic acids is 1. The highest BCUT2D eigenvalue weighted by Gasteiger charge is 2.22. The van der Waals surface area contributed by atoms with Crippen molar-refractivity contribution in [3.05, 3.63) is 36.9 Å². The van der Waals surface area contributed by atoms with Crippen LogP contribution in [0.1, 0.15) is 0 Å². The number of hydrogen-bond acceptors (Lipinski definition) is 8. The van der Waals surface area contributed by atoms with Gasteiger partial charge in [0.2, 0.25) is 23.6 Å². The minimum atomic E-state index is -0.248. The summed E-state index contributed by atoms with van der Waals surface area (Å²) in [6.07, 6.45) is 1.23. The Morgan fingerprint density at radius 2 is 1.69 bits per heavy atom. The number of amides is 1.